The topological polar surface area (TPSA) is 51.2 Å². The van der Waals surface area contributed by atoms with Crippen molar-refractivity contribution < 1.29 is 19.3 Å². The summed E-state index contributed by atoms with van der Waals surface area (Å²) in [5.74, 6) is 2.31. The maximum Gasteiger partial charge on any atom is 0.160 e. The Kier molecular flexibility index (Phi) is 5.39. The Morgan fingerprint density at radius 3 is 2.34 bits per heavy atom. The first-order valence-corrected chi connectivity index (χ1v) is 14.5. The summed E-state index contributed by atoms with van der Waals surface area (Å²) < 4.78 is 18.5. The lowest BCUT2D eigenvalue weighted by Crippen LogP contribution is -2.58. The Hall–Kier alpha value is -0.420. The van der Waals surface area contributed by atoms with Crippen molar-refractivity contribution >= 4 is 0 Å². The number of hydrogen-bond acceptors (Lipinski definition) is 4. The second-order valence-electron chi connectivity index (χ2n) is 15.1. The standard InChI is InChI=1S/C31H50O4/c1-27(2)23-10-9-21-20(29(23,5)14-13-24(27)32)12-16-30(6)19(11-15-31(21,30)7)18-17-22(34-26(18)33-8)25-28(3,4)35-25/h9,18-20,22-26,32H,10-17H2,1-8H3/t18-,19-,20-,22+,23-,24-,25?,26-,29+,30-,31+/m0/s1. The lowest BCUT2D eigenvalue weighted by Gasteiger charge is -2.64. The van der Waals surface area contributed by atoms with Crippen molar-refractivity contribution in [3.05, 3.63) is 11.6 Å². The van der Waals surface area contributed by atoms with Gasteiger partial charge in [-0.3, -0.25) is 0 Å². The number of fused-ring (bicyclic) bond motifs is 5. The van der Waals surface area contributed by atoms with Crippen LogP contribution >= 0.6 is 0 Å². The molecular formula is C31H50O4. The van der Waals surface area contributed by atoms with Crippen LogP contribution in [0.3, 0.4) is 0 Å². The minimum Gasteiger partial charge on any atom is -0.393 e. The van der Waals surface area contributed by atoms with Gasteiger partial charge in [0.05, 0.1) is 17.8 Å². The summed E-state index contributed by atoms with van der Waals surface area (Å²) >= 11 is 0. The summed E-state index contributed by atoms with van der Waals surface area (Å²) in [4.78, 5) is 0. The zero-order valence-electron chi connectivity index (χ0n) is 23.5. The molecule has 2 aliphatic heterocycles. The van der Waals surface area contributed by atoms with Crippen LogP contribution in [0.25, 0.3) is 0 Å². The van der Waals surface area contributed by atoms with Crippen molar-refractivity contribution in [2.24, 2.45) is 45.3 Å². The number of allylic oxidation sites excluding steroid dienone is 2. The quantitative estimate of drug-likeness (QED) is 0.365. The lowest BCUT2D eigenvalue weighted by atomic mass is 9.41. The van der Waals surface area contributed by atoms with E-state index in [1.54, 1.807) is 5.57 Å². The van der Waals surface area contributed by atoms with Crippen molar-refractivity contribution in [1.82, 2.24) is 0 Å². The summed E-state index contributed by atoms with van der Waals surface area (Å²) in [7, 11) is 1.83. The van der Waals surface area contributed by atoms with Gasteiger partial charge < -0.3 is 19.3 Å². The molecule has 6 rings (SSSR count). The predicted octanol–water partition coefficient (Wildman–Crippen LogP) is 6.51. The Labute approximate surface area is 213 Å². The van der Waals surface area contributed by atoms with Gasteiger partial charge in [-0.05, 0) is 105 Å². The van der Waals surface area contributed by atoms with Crippen LogP contribution in [0, 0.1) is 45.3 Å². The smallest absolute Gasteiger partial charge is 0.160 e. The highest BCUT2D eigenvalue weighted by Gasteiger charge is 2.67. The van der Waals surface area contributed by atoms with Crippen LogP contribution in [0.5, 0.6) is 0 Å². The minimum absolute atomic E-state index is 0.00452. The van der Waals surface area contributed by atoms with Crippen LogP contribution in [0.1, 0.15) is 99.8 Å². The van der Waals surface area contributed by atoms with Gasteiger partial charge in [0, 0.05) is 13.0 Å². The van der Waals surface area contributed by atoms with Gasteiger partial charge in [-0.15, -0.1) is 0 Å². The molecule has 0 aromatic heterocycles. The molecule has 1 N–H and O–H groups in total. The number of ether oxygens (including phenoxy) is 3. The predicted molar refractivity (Wildman–Crippen MR) is 138 cm³/mol. The van der Waals surface area contributed by atoms with Crippen molar-refractivity contribution in [2.75, 3.05) is 7.11 Å². The maximum absolute atomic E-state index is 10.9. The number of methoxy groups -OCH3 is 1. The van der Waals surface area contributed by atoms with E-state index in [0.29, 0.717) is 29.1 Å². The summed E-state index contributed by atoms with van der Waals surface area (Å²) in [6.45, 7) is 16.8. The molecule has 6 aliphatic rings. The van der Waals surface area contributed by atoms with Gasteiger partial charge >= 0.3 is 0 Å². The molecule has 2 heterocycles. The second kappa shape index (κ2) is 7.58. The Morgan fingerprint density at radius 2 is 1.69 bits per heavy atom. The number of hydrogen-bond donors (Lipinski definition) is 1. The number of epoxide rings is 1. The molecule has 0 aromatic carbocycles. The van der Waals surface area contributed by atoms with Crippen LogP contribution in [0.2, 0.25) is 0 Å². The molecule has 2 saturated heterocycles. The number of rotatable bonds is 3. The van der Waals surface area contributed by atoms with Crippen molar-refractivity contribution in [2.45, 2.75) is 130 Å². The second-order valence-corrected chi connectivity index (χ2v) is 15.1. The van der Waals surface area contributed by atoms with Crippen molar-refractivity contribution in [3.63, 3.8) is 0 Å². The molecule has 198 valence electrons. The average molecular weight is 487 g/mol. The molecule has 3 saturated carbocycles. The zero-order chi connectivity index (χ0) is 25.2. The molecule has 1 unspecified atom stereocenters. The van der Waals surface area contributed by atoms with Crippen molar-refractivity contribution in [1.29, 1.82) is 0 Å². The van der Waals surface area contributed by atoms with E-state index < -0.39 is 0 Å². The van der Waals surface area contributed by atoms with E-state index in [1.165, 1.54) is 32.1 Å². The molecule has 4 aliphatic carbocycles. The molecule has 0 amide bonds. The molecule has 0 spiro atoms. The summed E-state index contributed by atoms with van der Waals surface area (Å²) in [6.07, 6.45) is 12.2. The third kappa shape index (κ3) is 3.18. The monoisotopic (exact) mass is 486 g/mol. The molecule has 0 radical (unpaired) electrons. The Bertz CT molecular complexity index is 908. The fourth-order valence-electron chi connectivity index (χ4n) is 10.7. The fourth-order valence-corrected chi connectivity index (χ4v) is 10.7. The van der Waals surface area contributed by atoms with Gasteiger partial charge in [0.1, 0.15) is 6.10 Å². The Balaban J connectivity index is 1.30. The third-order valence-electron chi connectivity index (χ3n) is 13.2. The largest absolute Gasteiger partial charge is 0.393 e. The highest BCUT2D eigenvalue weighted by Crippen LogP contribution is 2.74. The highest BCUT2D eigenvalue weighted by molar-refractivity contribution is 5.33. The van der Waals surface area contributed by atoms with Gasteiger partial charge in [-0.2, -0.15) is 0 Å². The maximum atomic E-state index is 10.9. The van der Waals surface area contributed by atoms with E-state index in [2.05, 4.69) is 54.5 Å². The normalized spacial score (nSPS) is 56.1. The summed E-state index contributed by atoms with van der Waals surface area (Å²) in [5.41, 5.74) is 2.55. The van der Waals surface area contributed by atoms with Crippen molar-refractivity contribution in [3.8, 4) is 0 Å². The first kappa shape index (κ1) is 24.9. The van der Waals surface area contributed by atoms with Crippen LogP contribution < -0.4 is 0 Å². The number of aliphatic hydroxyl groups excluding tert-OH is 1. The van der Waals surface area contributed by atoms with E-state index in [9.17, 15) is 5.11 Å². The summed E-state index contributed by atoms with van der Waals surface area (Å²) in [5, 5.41) is 10.9. The van der Waals surface area contributed by atoms with E-state index >= 15 is 0 Å². The molecule has 11 atom stereocenters. The molecule has 4 heteroatoms. The van der Waals surface area contributed by atoms with E-state index in [1.807, 2.05) is 7.11 Å². The van der Waals surface area contributed by atoms with Crippen LogP contribution in [-0.2, 0) is 14.2 Å². The van der Waals surface area contributed by atoms with Crippen LogP contribution in [0.15, 0.2) is 11.6 Å². The van der Waals surface area contributed by atoms with Gasteiger partial charge in [-0.25, -0.2) is 0 Å². The SMILES string of the molecule is CO[C@H]1O[C@@H](C2OC2(C)C)C[C@H]1[C@@H]1CC[C@]2(C)C3=CC[C@H]4C(C)(C)[C@@H](O)CC[C@]4(C)[C@H]3CC[C@@]12C. The summed E-state index contributed by atoms with van der Waals surface area (Å²) in [6, 6.07) is 0. The zero-order valence-corrected chi connectivity index (χ0v) is 23.5. The molecule has 0 bridgehead atoms. The van der Waals surface area contributed by atoms with E-state index in [4.69, 9.17) is 14.2 Å². The molecule has 0 aromatic rings. The minimum atomic E-state index is -0.169. The molecule has 5 fully saturated rings. The fraction of sp³-hybridized carbons (Fsp3) is 0.935. The highest BCUT2D eigenvalue weighted by atomic mass is 16.7. The molecule has 4 nitrogen and oxygen atoms in total. The first-order chi connectivity index (χ1) is 16.3. The molecule has 35 heavy (non-hydrogen) atoms. The number of aliphatic hydroxyl groups is 1. The average Bonchev–Trinajstić information content (AvgIpc) is 3.12. The van der Waals surface area contributed by atoms with Gasteiger partial charge in [0.25, 0.3) is 0 Å². The Morgan fingerprint density at radius 1 is 0.971 bits per heavy atom. The van der Waals surface area contributed by atoms with Crippen LogP contribution in [-0.4, -0.2) is 42.4 Å². The van der Waals surface area contributed by atoms with E-state index in [0.717, 1.165) is 19.3 Å². The lowest BCUT2D eigenvalue weighted by molar-refractivity contribution is -0.156. The van der Waals surface area contributed by atoms with Gasteiger partial charge in [0.2, 0.25) is 0 Å². The first-order valence-electron chi connectivity index (χ1n) is 14.5. The van der Waals surface area contributed by atoms with Gasteiger partial charge in [-0.1, -0.05) is 46.3 Å². The van der Waals surface area contributed by atoms with E-state index in [-0.39, 0.29) is 46.4 Å². The molecular weight excluding hydrogens is 436 g/mol. The van der Waals surface area contributed by atoms with Crippen LogP contribution in [0.4, 0.5) is 0 Å². The van der Waals surface area contributed by atoms with Gasteiger partial charge in [0.15, 0.2) is 6.29 Å². The third-order valence-corrected chi connectivity index (χ3v) is 13.2.